The molecule has 5 rings (SSSR count). The molecule has 1 fully saturated rings. The van der Waals surface area contributed by atoms with E-state index in [2.05, 4.69) is 39.7 Å². The highest BCUT2D eigenvalue weighted by atomic mass is 35.5. The molecule has 50 heavy (non-hydrogen) atoms. The van der Waals surface area contributed by atoms with Crippen molar-refractivity contribution >= 4 is 27.4 Å². The Morgan fingerprint density at radius 3 is 2.78 bits per heavy atom. The average Bonchev–Trinajstić information content (AvgIpc) is 3.55. The Hall–Kier alpha value is -3.22. The Morgan fingerprint density at radius 1 is 1.24 bits per heavy atom. The van der Waals surface area contributed by atoms with E-state index in [0.29, 0.717) is 49.3 Å². The van der Waals surface area contributed by atoms with Gasteiger partial charge in [-0.2, -0.15) is 0 Å². The van der Waals surface area contributed by atoms with Crippen LogP contribution in [0.1, 0.15) is 56.6 Å². The molecular formula is C38H52ClN5O5S. The molecule has 1 aromatic heterocycles. The van der Waals surface area contributed by atoms with Crippen molar-refractivity contribution in [3.8, 4) is 5.88 Å². The molecule has 1 saturated carbocycles. The predicted molar refractivity (Wildman–Crippen MR) is 199 cm³/mol. The third-order valence-corrected chi connectivity index (χ3v) is 11.7. The normalized spacial score (nSPS) is 23.5. The number of amides is 1. The molecule has 6 atom stereocenters. The number of carbonyl (C=O) groups excluding carboxylic acids is 1. The van der Waals surface area contributed by atoms with E-state index >= 15 is 0 Å². The Labute approximate surface area is 302 Å². The Bertz CT molecular complexity index is 1700. The maximum atomic E-state index is 13.7. The van der Waals surface area contributed by atoms with Gasteiger partial charge in [-0.05, 0) is 92.7 Å². The summed E-state index contributed by atoms with van der Waals surface area (Å²) in [5.41, 5.74) is 2.90. The van der Waals surface area contributed by atoms with Crippen molar-refractivity contribution in [3.05, 3.63) is 95.4 Å². The van der Waals surface area contributed by atoms with Crippen LogP contribution in [-0.2, 0) is 43.7 Å². The lowest BCUT2D eigenvalue weighted by molar-refractivity contribution is -0.114. The first-order chi connectivity index (χ1) is 24.1. The molecule has 0 bridgehead atoms. The van der Waals surface area contributed by atoms with Crippen molar-refractivity contribution in [3.63, 3.8) is 0 Å². The molecule has 0 radical (unpaired) electrons. The minimum absolute atomic E-state index is 0.0149. The number of benzene rings is 1. The molecule has 0 saturated heterocycles. The summed E-state index contributed by atoms with van der Waals surface area (Å²) in [7, 11) is -1.64. The average molecular weight is 726 g/mol. The Balaban J connectivity index is 1.38. The maximum absolute atomic E-state index is 13.7. The van der Waals surface area contributed by atoms with E-state index in [0.717, 1.165) is 56.0 Å². The summed E-state index contributed by atoms with van der Waals surface area (Å²) in [6.07, 6.45) is 14.9. The second kappa shape index (κ2) is 17.8. The lowest BCUT2D eigenvalue weighted by Gasteiger charge is -2.45. The number of aromatic nitrogens is 2. The number of nitrogens with two attached hydrogens (primary N) is 1. The number of carbonyl (C=O) groups is 1. The van der Waals surface area contributed by atoms with Crippen molar-refractivity contribution in [2.75, 3.05) is 32.6 Å². The van der Waals surface area contributed by atoms with E-state index in [1.54, 1.807) is 30.0 Å². The molecule has 2 unspecified atom stereocenters. The molecule has 1 aromatic carbocycles. The molecule has 3 aliphatic rings. The molecular weight excluding hydrogens is 674 g/mol. The van der Waals surface area contributed by atoms with E-state index in [4.69, 9.17) is 31.0 Å². The van der Waals surface area contributed by atoms with E-state index in [9.17, 15) is 9.00 Å². The number of hydrogen-bond acceptors (Lipinski definition) is 7. The van der Waals surface area contributed by atoms with Gasteiger partial charge in [0, 0.05) is 61.9 Å². The fourth-order valence-electron chi connectivity index (χ4n) is 7.19. The number of nitrogens with zero attached hydrogens (tertiary/aromatic N) is 4. The van der Waals surface area contributed by atoms with Gasteiger partial charge in [0.25, 0.3) is 5.91 Å². The predicted octanol–water partition coefficient (Wildman–Crippen LogP) is 6.66. The standard InChI is InChI=1S/C38H52ClN5O5S/c1-5-10-27(25-49-37-18-19-44(7-3)41-37)26-50(40,46)42-38(45)29-14-17-36-34(22-29)43(24-31-13-16-33(31)35(6-2)47-4)23-30-12-15-32(39)21-28(30)11-8-9-20-48-36/h5-6,12,14-15,17-19,21,27,31,33-35H,1-2,7-11,13,16,20,22-26H2,3-4H3,(H2,40,42,45,46)/t27-,31+,33-,34?,35+,50?/m1/s1. The van der Waals surface area contributed by atoms with Gasteiger partial charge in [-0.1, -0.05) is 29.8 Å². The highest BCUT2D eigenvalue weighted by molar-refractivity contribution is 7.91. The molecule has 2 aromatic rings. The van der Waals surface area contributed by atoms with Crippen molar-refractivity contribution < 1.29 is 23.2 Å². The SMILES string of the molecule is C=CC[C@H](COc1ccn(CC)n1)CS(N)(=O)=NC(=O)C1=CC=C2OCCCCc3cc(Cl)ccc3CN(C[C@@H]3CC[C@H]3[C@H](C=C)OC)C2C1. The molecule has 1 amide bonds. The lowest BCUT2D eigenvalue weighted by atomic mass is 9.70. The third-order valence-electron chi connectivity index (χ3n) is 10.0. The summed E-state index contributed by atoms with van der Waals surface area (Å²) in [4.78, 5) is 16.2. The van der Waals surface area contributed by atoms with Crippen molar-refractivity contribution in [1.29, 1.82) is 0 Å². The van der Waals surface area contributed by atoms with Crippen LogP contribution in [0.4, 0.5) is 0 Å². The summed E-state index contributed by atoms with van der Waals surface area (Å²) < 4.78 is 37.6. The van der Waals surface area contributed by atoms with E-state index in [-0.39, 0.29) is 30.4 Å². The molecule has 1 aliphatic heterocycles. The minimum Gasteiger partial charge on any atom is -0.496 e. The zero-order valence-corrected chi connectivity index (χ0v) is 31.0. The van der Waals surface area contributed by atoms with Crippen molar-refractivity contribution in [2.45, 2.75) is 77.1 Å². The van der Waals surface area contributed by atoms with Gasteiger partial charge in [0.1, 0.15) is 15.7 Å². The molecule has 2 heterocycles. The number of ether oxygens (including phenoxy) is 3. The number of aryl methyl sites for hydroxylation is 2. The molecule has 10 nitrogen and oxygen atoms in total. The highest BCUT2D eigenvalue weighted by Gasteiger charge is 2.40. The number of methoxy groups -OCH3 is 1. The monoisotopic (exact) mass is 725 g/mol. The second-order valence-electron chi connectivity index (χ2n) is 13.5. The van der Waals surface area contributed by atoms with Gasteiger partial charge in [0.2, 0.25) is 5.88 Å². The van der Waals surface area contributed by atoms with Crippen LogP contribution in [0.3, 0.4) is 0 Å². The van der Waals surface area contributed by atoms with Gasteiger partial charge in [-0.3, -0.25) is 14.4 Å². The summed E-state index contributed by atoms with van der Waals surface area (Å²) in [6.45, 7) is 12.8. The van der Waals surface area contributed by atoms with Crippen LogP contribution in [0.2, 0.25) is 5.02 Å². The minimum atomic E-state index is -3.38. The van der Waals surface area contributed by atoms with Crippen LogP contribution in [0, 0.1) is 17.8 Å². The van der Waals surface area contributed by atoms with Crippen LogP contribution >= 0.6 is 11.6 Å². The zero-order chi connectivity index (χ0) is 35.7. The number of rotatable bonds is 14. The molecule has 272 valence electrons. The number of fused-ring (bicyclic) bond motifs is 2. The summed E-state index contributed by atoms with van der Waals surface area (Å²) in [6, 6.07) is 7.70. The highest BCUT2D eigenvalue weighted by Crippen LogP contribution is 2.41. The zero-order valence-electron chi connectivity index (χ0n) is 29.4. The smallest absolute Gasteiger partial charge is 0.282 e. The van der Waals surface area contributed by atoms with Gasteiger partial charge in [-0.25, -0.2) is 9.35 Å². The van der Waals surface area contributed by atoms with Gasteiger partial charge >= 0.3 is 0 Å². The summed E-state index contributed by atoms with van der Waals surface area (Å²) in [5.74, 6) is 1.20. The second-order valence-corrected chi connectivity index (χ2v) is 15.9. The largest absolute Gasteiger partial charge is 0.496 e. The van der Waals surface area contributed by atoms with Crippen LogP contribution in [0.5, 0.6) is 5.88 Å². The maximum Gasteiger partial charge on any atom is 0.282 e. The van der Waals surface area contributed by atoms with Gasteiger partial charge in [0.15, 0.2) is 0 Å². The van der Waals surface area contributed by atoms with Crippen LogP contribution in [-0.4, -0.2) is 69.6 Å². The number of allylic oxidation sites excluding steroid dienone is 3. The number of hydrogen-bond donors (Lipinski definition) is 1. The third kappa shape index (κ3) is 9.97. The molecule has 0 spiro atoms. The van der Waals surface area contributed by atoms with Crippen molar-refractivity contribution in [2.24, 2.45) is 27.3 Å². The quantitative estimate of drug-likeness (QED) is 0.216. The van der Waals surface area contributed by atoms with Crippen LogP contribution in [0.15, 0.2) is 83.6 Å². The van der Waals surface area contributed by atoms with Gasteiger partial charge < -0.3 is 14.2 Å². The summed E-state index contributed by atoms with van der Waals surface area (Å²) >= 11 is 6.46. The molecule has 2 aliphatic carbocycles. The van der Waals surface area contributed by atoms with Crippen molar-refractivity contribution in [1.82, 2.24) is 14.7 Å². The first-order valence-electron chi connectivity index (χ1n) is 17.7. The van der Waals surface area contributed by atoms with Gasteiger partial charge in [-0.15, -0.1) is 22.6 Å². The van der Waals surface area contributed by atoms with Crippen LogP contribution < -0.4 is 9.88 Å². The first-order valence-corrected chi connectivity index (χ1v) is 19.8. The summed E-state index contributed by atoms with van der Waals surface area (Å²) in [5, 5.41) is 11.3. The Morgan fingerprint density at radius 2 is 2.08 bits per heavy atom. The molecule has 2 N–H and O–H groups in total. The van der Waals surface area contributed by atoms with E-state index < -0.39 is 15.8 Å². The van der Waals surface area contributed by atoms with E-state index in [1.807, 2.05) is 31.3 Å². The topological polar surface area (TPSA) is 121 Å². The Kier molecular flexibility index (Phi) is 13.5. The number of halogens is 1. The first kappa shape index (κ1) is 38.0. The fourth-order valence-corrected chi connectivity index (χ4v) is 8.76. The van der Waals surface area contributed by atoms with E-state index in [1.165, 1.54) is 11.1 Å². The fraction of sp³-hybridized carbons (Fsp3) is 0.526. The van der Waals surface area contributed by atoms with Crippen LogP contribution in [0.25, 0.3) is 0 Å². The molecule has 12 heteroatoms. The lowest BCUT2D eigenvalue weighted by Crippen LogP contribution is -2.47. The van der Waals surface area contributed by atoms with Gasteiger partial charge in [0.05, 0.1) is 31.1 Å².